The molecule has 0 bridgehead atoms. The predicted molar refractivity (Wildman–Crippen MR) is 69.6 cm³/mol. The molecule has 2 rings (SSSR count). The zero-order chi connectivity index (χ0) is 11.6. The molecule has 1 aliphatic rings. The Morgan fingerprint density at radius 2 is 2.00 bits per heavy atom. The van der Waals surface area contributed by atoms with Crippen LogP contribution in [0.15, 0.2) is 24.3 Å². The maximum absolute atomic E-state index is 3.72. The number of nitrogens with one attached hydrogen (secondary N) is 1. The predicted octanol–water partition coefficient (Wildman–Crippen LogP) is 3.70. The van der Waals surface area contributed by atoms with Crippen molar-refractivity contribution in [3.8, 4) is 0 Å². The largest absolute Gasteiger partial charge is 0.309 e. The van der Waals surface area contributed by atoms with E-state index in [0.717, 1.165) is 6.54 Å². The Morgan fingerprint density at radius 1 is 1.25 bits per heavy atom. The molecule has 1 atom stereocenters. The van der Waals surface area contributed by atoms with Crippen molar-refractivity contribution in [2.75, 3.05) is 6.54 Å². The third-order valence-electron chi connectivity index (χ3n) is 3.25. The summed E-state index contributed by atoms with van der Waals surface area (Å²) in [5.74, 6) is 0. The molecule has 16 heavy (non-hydrogen) atoms. The van der Waals surface area contributed by atoms with Gasteiger partial charge < -0.3 is 5.32 Å². The van der Waals surface area contributed by atoms with E-state index in [9.17, 15) is 0 Å². The standard InChI is InChI=1S/C15H23N/c1-15(2,3)11-16-14-10-6-8-12-7-4-5-9-13(12)14/h4-5,7,9,14,16H,6,8,10-11H2,1-3H3. The summed E-state index contributed by atoms with van der Waals surface area (Å²) in [5.41, 5.74) is 3.44. The molecule has 1 aromatic rings. The van der Waals surface area contributed by atoms with E-state index in [1.165, 1.54) is 24.8 Å². The molecule has 0 aromatic heterocycles. The highest BCUT2D eigenvalue weighted by Gasteiger charge is 2.20. The van der Waals surface area contributed by atoms with Crippen LogP contribution in [-0.2, 0) is 6.42 Å². The molecule has 0 aliphatic heterocycles. The molecule has 1 nitrogen and oxygen atoms in total. The Morgan fingerprint density at radius 3 is 2.75 bits per heavy atom. The summed E-state index contributed by atoms with van der Waals surface area (Å²) in [6, 6.07) is 9.46. The molecule has 1 N–H and O–H groups in total. The van der Waals surface area contributed by atoms with Crippen LogP contribution in [0.5, 0.6) is 0 Å². The lowest BCUT2D eigenvalue weighted by Gasteiger charge is -2.29. The molecule has 0 heterocycles. The van der Waals surface area contributed by atoms with Crippen LogP contribution in [-0.4, -0.2) is 6.54 Å². The quantitative estimate of drug-likeness (QED) is 0.796. The SMILES string of the molecule is CC(C)(C)CNC1CCCc2ccccc21. The second-order valence-electron chi connectivity index (χ2n) is 6.09. The van der Waals surface area contributed by atoms with E-state index >= 15 is 0 Å². The Balaban J connectivity index is 2.07. The third-order valence-corrected chi connectivity index (χ3v) is 3.25. The summed E-state index contributed by atoms with van der Waals surface area (Å²) in [6.45, 7) is 7.95. The maximum Gasteiger partial charge on any atom is 0.0323 e. The number of aryl methyl sites for hydroxylation is 1. The Kier molecular flexibility index (Phi) is 3.34. The van der Waals surface area contributed by atoms with Gasteiger partial charge in [0.05, 0.1) is 0 Å². The monoisotopic (exact) mass is 217 g/mol. The lowest BCUT2D eigenvalue weighted by Crippen LogP contribution is -2.32. The van der Waals surface area contributed by atoms with Gasteiger partial charge in [-0.25, -0.2) is 0 Å². The molecular weight excluding hydrogens is 194 g/mol. The van der Waals surface area contributed by atoms with Crippen molar-refractivity contribution in [3.63, 3.8) is 0 Å². The van der Waals surface area contributed by atoms with Crippen molar-refractivity contribution in [2.24, 2.45) is 5.41 Å². The average molecular weight is 217 g/mol. The summed E-state index contributed by atoms with van der Waals surface area (Å²) < 4.78 is 0. The van der Waals surface area contributed by atoms with Crippen molar-refractivity contribution in [2.45, 2.75) is 46.1 Å². The minimum Gasteiger partial charge on any atom is -0.309 e. The number of benzene rings is 1. The van der Waals surface area contributed by atoms with Gasteiger partial charge in [0, 0.05) is 12.6 Å². The van der Waals surface area contributed by atoms with Gasteiger partial charge in [0.2, 0.25) is 0 Å². The summed E-state index contributed by atoms with van der Waals surface area (Å²) in [6.07, 6.45) is 3.86. The van der Waals surface area contributed by atoms with Gasteiger partial charge in [0.1, 0.15) is 0 Å². The second kappa shape index (κ2) is 4.58. The van der Waals surface area contributed by atoms with Crippen molar-refractivity contribution in [1.82, 2.24) is 5.32 Å². The van der Waals surface area contributed by atoms with E-state index in [0.29, 0.717) is 11.5 Å². The molecule has 0 amide bonds. The maximum atomic E-state index is 3.72. The Hall–Kier alpha value is -0.820. The first-order valence-corrected chi connectivity index (χ1v) is 6.37. The van der Waals surface area contributed by atoms with Crippen molar-refractivity contribution < 1.29 is 0 Å². The van der Waals surface area contributed by atoms with Crippen molar-refractivity contribution >= 4 is 0 Å². The van der Waals surface area contributed by atoms with Gasteiger partial charge in [-0.15, -0.1) is 0 Å². The first kappa shape index (κ1) is 11.7. The smallest absolute Gasteiger partial charge is 0.0323 e. The molecular formula is C15H23N. The Bertz CT molecular complexity index is 349. The molecule has 0 saturated carbocycles. The highest BCUT2D eigenvalue weighted by molar-refractivity contribution is 5.32. The first-order chi connectivity index (χ1) is 7.56. The van der Waals surface area contributed by atoms with E-state index in [1.807, 2.05) is 0 Å². The highest BCUT2D eigenvalue weighted by atomic mass is 14.9. The molecule has 1 heteroatoms. The summed E-state index contributed by atoms with van der Waals surface area (Å²) in [4.78, 5) is 0. The van der Waals surface area contributed by atoms with E-state index in [2.05, 4.69) is 50.4 Å². The van der Waals surface area contributed by atoms with Crippen LogP contribution in [0.4, 0.5) is 0 Å². The number of rotatable bonds is 2. The Labute approximate surface area is 99.3 Å². The fraction of sp³-hybridized carbons (Fsp3) is 0.600. The van der Waals surface area contributed by atoms with E-state index in [1.54, 1.807) is 5.56 Å². The third kappa shape index (κ3) is 2.85. The number of hydrogen-bond acceptors (Lipinski definition) is 1. The average Bonchev–Trinajstić information content (AvgIpc) is 2.25. The number of fused-ring (bicyclic) bond motifs is 1. The van der Waals surface area contributed by atoms with Gasteiger partial charge in [-0.05, 0) is 35.8 Å². The van der Waals surface area contributed by atoms with E-state index < -0.39 is 0 Å². The fourth-order valence-electron chi connectivity index (χ4n) is 2.40. The van der Waals surface area contributed by atoms with Crippen LogP contribution in [0.2, 0.25) is 0 Å². The van der Waals surface area contributed by atoms with Gasteiger partial charge >= 0.3 is 0 Å². The van der Waals surface area contributed by atoms with Crippen LogP contribution in [0.25, 0.3) is 0 Å². The zero-order valence-corrected chi connectivity index (χ0v) is 10.7. The van der Waals surface area contributed by atoms with Crippen molar-refractivity contribution in [1.29, 1.82) is 0 Å². The molecule has 0 spiro atoms. The van der Waals surface area contributed by atoms with Gasteiger partial charge in [-0.3, -0.25) is 0 Å². The van der Waals surface area contributed by atoms with E-state index in [4.69, 9.17) is 0 Å². The highest BCUT2D eigenvalue weighted by Crippen LogP contribution is 2.30. The summed E-state index contributed by atoms with van der Waals surface area (Å²) >= 11 is 0. The van der Waals surface area contributed by atoms with Gasteiger partial charge in [-0.2, -0.15) is 0 Å². The molecule has 1 aromatic carbocycles. The molecule has 0 saturated heterocycles. The van der Waals surface area contributed by atoms with Crippen LogP contribution in [0.3, 0.4) is 0 Å². The minimum atomic E-state index is 0.367. The van der Waals surface area contributed by atoms with Crippen LogP contribution >= 0.6 is 0 Å². The van der Waals surface area contributed by atoms with Gasteiger partial charge in [0.25, 0.3) is 0 Å². The first-order valence-electron chi connectivity index (χ1n) is 6.37. The van der Waals surface area contributed by atoms with Crippen LogP contribution in [0.1, 0.15) is 50.8 Å². The summed E-state index contributed by atoms with van der Waals surface area (Å²) in [7, 11) is 0. The fourth-order valence-corrected chi connectivity index (χ4v) is 2.40. The lowest BCUT2D eigenvalue weighted by atomic mass is 9.87. The van der Waals surface area contributed by atoms with Crippen LogP contribution in [0, 0.1) is 5.41 Å². The molecule has 88 valence electrons. The second-order valence-corrected chi connectivity index (χ2v) is 6.09. The van der Waals surface area contributed by atoms with E-state index in [-0.39, 0.29) is 0 Å². The van der Waals surface area contributed by atoms with Crippen molar-refractivity contribution in [3.05, 3.63) is 35.4 Å². The van der Waals surface area contributed by atoms with Gasteiger partial charge in [0.15, 0.2) is 0 Å². The normalized spacial score (nSPS) is 20.6. The topological polar surface area (TPSA) is 12.0 Å². The molecule has 1 unspecified atom stereocenters. The van der Waals surface area contributed by atoms with Crippen LogP contribution < -0.4 is 5.32 Å². The molecule has 0 radical (unpaired) electrons. The molecule has 1 aliphatic carbocycles. The zero-order valence-electron chi connectivity index (χ0n) is 10.7. The molecule has 0 fully saturated rings. The number of hydrogen-bond donors (Lipinski definition) is 1. The minimum absolute atomic E-state index is 0.367. The summed E-state index contributed by atoms with van der Waals surface area (Å²) in [5, 5.41) is 3.72. The van der Waals surface area contributed by atoms with Gasteiger partial charge in [-0.1, -0.05) is 45.0 Å². The lowest BCUT2D eigenvalue weighted by molar-refractivity contribution is 0.337.